The first-order chi connectivity index (χ1) is 8.15. The number of rotatable bonds is 1. The minimum Gasteiger partial charge on any atom is -0.375 e. The molecule has 1 atom stereocenters. The summed E-state index contributed by atoms with van der Waals surface area (Å²) >= 11 is 7.60. The van der Waals surface area contributed by atoms with Crippen LogP contribution in [-0.2, 0) is 6.42 Å². The van der Waals surface area contributed by atoms with Crippen LogP contribution in [0, 0.1) is 3.57 Å². The number of hydrogen-bond acceptors (Lipinski definition) is 3. The highest BCUT2D eigenvalue weighted by molar-refractivity contribution is 14.1. The van der Waals surface area contributed by atoms with Crippen molar-refractivity contribution in [2.45, 2.75) is 18.8 Å². The number of benzene rings is 1. The van der Waals surface area contributed by atoms with Crippen LogP contribution >= 0.6 is 49.9 Å². The van der Waals surface area contributed by atoms with Crippen LogP contribution < -0.4 is 5.73 Å². The van der Waals surface area contributed by atoms with E-state index in [1.165, 1.54) is 19.7 Å². The van der Waals surface area contributed by atoms with Crippen molar-refractivity contribution in [2.24, 2.45) is 0 Å². The third kappa shape index (κ3) is 2.13. The van der Waals surface area contributed by atoms with E-state index in [1.54, 1.807) is 11.3 Å². The molecule has 5 heteroatoms. The van der Waals surface area contributed by atoms with Gasteiger partial charge in [0.05, 0.1) is 5.69 Å². The molecule has 0 bridgehead atoms. The summed E-state index contributed by atoms with van der Waals surface area (Å²) in [7, 11) is 0. The summed E-state index contributed by atoms with van der Waals surface area (Å²) in [5.74, 6) is 0.476. The Morgan fingerprint density at radius 3 is 3.12 bits per heavy atom. The number of nitrogens with two attached hydrogens (primary N) is 1. The van der Waals surface area contributed by atoms with Crippen LogP contribution in [0.2, 0.25) is 0 Å². The Morgan fingerprint density at radius 1 is 1.47 bits per heavy atom. The fraction of sp³-hybridized carbons (Fsp3) is 0.250. The van der Waals surface area contributed by atoms with Crippen LogP contribution in [0.15, 0.2) is 22.7 Å². The van der Waals surface area contributed by atoms with Crippen molar-refractivity contribution in [1.29, 1.82) is 0 Å². The van der Waals surface area contributed by atoms with Gasteiger partial charge in [-0.25, -0.2) is 4.98 Å². The predicted octanol–water partition coefficient (Wildman–Crippen LogP) is 4.17. The zero-order valence-electron chi connectivity index (χ0n) is 8.91. The Kier molecular flexibility index (Phi) is 3.16. The van der Waals surface area contributed by atoms with Gasteiger partial charge in [0.1, 0.15) is 0 Å². The number of thiazole rings is 1. The van der Waals surface area contributed by atoms with E-state index in [0.29, 0.717) is 11.0 Å². The minimum atomic E-state index is 0.476. The van der Waals surface area contributed by atoms with Gasteiger partial charge in [-0.05, 0) is 59.2 Å². The number of halogens is 2. The lowest BCUT2D eigenvalue weighted by Gasteiger charge is -2.12. The summed E-state index contributed by atoms with van der Waals surface area (Å²) < 4.78 is 2.45. The summed E-state index contributed by atoms with van der Waals surface area (Å²) in [5, 5.41) is 0.699. The number of nitrogens with zero attached hydrogens (tertiary/aromatic N) is 1. The van der Waals surface area contributed by atoms with Gasteiger partial charge in [-0.3, -0.25) is 0 Å². The van der Waals surface area contributed by atoms with Crippen LogP contribution in [0.3, 0.4) is 0 Å². The Balaban J connectivity index is 2.09. The second-order valence-electron chi connectivity index (χ2n) is 4.12. The van der Waals surface area contributed by atoms with Crippen molar-refractivity contribution in [2.75, 3.05) is 5.73 Å². The van der Waals surface area contributed by atoms with Gasteiger partial charge in [-0.2, -0.15) is 0 Å². The van der Waals surface area contributed by atoms with Crippen molar-refractivity contribution >= 4 is 55.0 Å². The lowest BCUT2D eigenvalue weighted by molar-refractivity contribution is 0.786. The summed E-state index contributed by atoms with van der Waals surface area (Å²) in [6, 6.07) is 6.46. The molecule has 1 unspecified atom stereocenters. The van der Waals surface area contributed by atoms with E-state index in [-0.39, 0.29) is 0 Å². The predicted molar refractivity (Wildman–Crippen MR) is 83.5 cm³/mol. The lowest BCUT2D eigenvalue weighted by Crippen LogP contribution is -1.97. The molecule has 3 rings (SSSR count). The number of nitrogen functional groups attached to an aromatic ring is 1. The van der Waals surface area contributed by atoms with Gasteiger partial charge in [-0.1, -0.05) is 15.9 Å². The zero-order chi connectivity index (χ0) is 12.0. The third-order valence-electron chi connectivity index (χ3n) is 3.06. The molecule has 0 amide bonds. The van der Waals surface area contributed by atoms with E-state index >= 15 is 0 Å². The summed E-state index contributed by atoms with van der Waals surface area (Å²) in [6.07, 6.45) is 2.21. The highest BCUT2D eigenvalue weighted by Crippen LogP contribution is 2.43. The molecular formula is C12H10BrIN2S. The van der Waals surface area contributed by atoms with Gasteiger partial charge in [0.15, 0.2) is 5.13 Å². The Labute approximate surface area is 126 Å². The fourth-order valence-corrected chi connectivity index (χ4v) is 4.45. The Hall–Kier alpha value is -0.140. The maximum Gasteiger partial charge on any atom is 0.180 e. The number of aromatic nitrogens is 1. The van der Waals surface area contributed by atoms with Gasteiger partial charge in [-0.15, -0.1) is 11.3 Å². The molecule has 1 aliphatic carbocycles. The number of hydrogen-bond donors (Lipinski definition) is 1. The number of anilines is 1. The largest absolute Gasteiger partial charge is 0.375 e. The molecule has 1 aromatic heterocycles. The monoisotopic (exact) mass is 420 g/mol. The average molecular weight is 421 g/mol. The highest BCUT2D eigenvalue weighted by Gasteiger charge is 2.29. The van der Waals surface area contributed by atoms with Crippen molar-refractivity contribution in [1.82, 2.24) is 4.98 Å². The molecule has 0 saturated heterocycles. The van der Waals surface area contributed by atoms with Gasteiger partial charge in [0.25, 0.3) is 0 Å². The first kappa shape index (κ1) is 11.9. The van der Waals surface area contributed by atoms with Crippen LogP contribution in [0.5, 0.6) is 0 Å². The van der Waals surface area contributed by atoms with Crippen molar-refractivity contribution in [3.63, 3.8) is 0 Å². The second-order valence-corrected chi connectivity index (χ2v) is 7.26. The first-order valence-electron chi connectivity index (χ1n) is 5.35. The maximum atomic E-state index is 5.79. The molecule has 0 saturated carbocycles. The smallest absolute Gasteiger partial charge is 0.180 e. The normalized spacial score (nSPS) is 18.4. The van der Waals surface area contributed by atoms with Gasteiger partial charge in [0, 0.05) is 18.8 Å². The molecule has 2 nitrogen and oxygen atoms in total. The second kappa shape index (κ2) is 4.51. The van der Waals surface area contributed by atoms with E-state index in [1.807, 2.05) is 0 Å². The fourth-order valence-electron chi connectivity index (χ4n) is 2.32. The molecule has 0 radical (unpaired) electrons. The van der Waals surface area contributed by atoms with Crippen LogP contribution in [0.1, 0.15) is 28.5 Å². The third-order valence-corrected chi connectivity index (χ3v) is 5.58. The van der Waals surface area contributed by atoms with Crippen LogP contribution in [0.25, 0.3) is 0 Å². The summed E-state index contributed by atoms with van der Waals surface area (Å²) in [5.41, 5.74) is 8.39. The standard InChI is InChI=1S/C12H10BrIN2S/c13-6-1-3-9(14)8(5-6)7-2-4-10-11(7)17-12(15)16-10/h1,3,5,7H,2,4H2,(H2,15,16). The van der Waals surface area contributed by atoms with Gasteiger partial charge in [0.2, 0.25) is 0 Å². The quantitative estimate of drug-likeness (QED) is 0.703. The molecule has 2 aromatic rings. The Bertz CT molecular complexity index is 582. The molecule has 1 aromatic carbocycles. The lowest BCUT2D eigenvalue weighted by atomic mass is 9.99. The summed E-state index contributed by atoms with van der Waals surface area (Å²) in [6.45, 7) is 0. The van der Waals surface area contributed by atoms with E-state index in [9.17, 15) is 0 Å². The van der Waals surface area contributed by atoms with Gasteiger partial charge >= 0.3 is 0 Å². The maximum absolute atomic E-state index is 5.79. The molecule has 17 heavy (non-hydrogen) atoms. The van der Waals surface area contributed by atoms with Gasteiger partial charge < -0.3 is 5.73 Å². The van der Waals surface area contributed by atoms with E-state index in [4.69, 9.17) is 5.73 Å². The highest BCUT2D eigenvalue weighted by atomic mass is 127. The first-order valence-corrected chi connectivity index (χ1v) is 8.04. The van der Waals surface area contributed by atoms with Crippen LogP contribution in [-0.4, -0.2) is 4.98 Å². The van der Waals surface area contributed by atoms with E-state index in [0.717, 1.165) is 17.3 Å². The molecule has 88 valence electrons. The minimum absolute atomic E-state index is 0.476. The van der Waals surface area contributed by atoms with Crippen molar-refractivity contribution in [3.8, 4) is 0 Å². The number of fused-ring (bicyclic) bond motifs is 1. The van der Waals surface area contributed by atoms with Crippen LogP contribution in [0.4, 0.5) is 5.13 Å². The van der Waals surface area contributed by atoms with E-state index < -0.39 is 0 Å². The molecular weight excluding hydrogens is 411 g/mol. The molecule has 1 aliphatic rings. The SMILES string of the molecule is Nc1nc2c(s1)C(c1cc(Br)ccc1I)CC2. The number of aryl methyl sites for hydroxylation is 1. The molecule has 0 aliphatic heterocycles. The summed E-state index contributed by atoms with van der Waals surface area (Å²) in [4.78, 5) is 5.76. The molecule has 1 heterocycles. The molecule has 2 N–H and O–H groups in total. The Morgan fingerprint density at radius 2 is 2.29 bits per heavy atom. The zero-order valence-corrected chi connectivity index (χ0v) is 13.5. The van der Waals surface area contributed by atoms with E-state index in [2.05, 4.69) is 61.7 Å². The molecule has 0 spiro atoms. The van der Waals surface area contributed by atoms with Crippen molar-refractivity contribution < 1.29 is 0 Å². The van der Waals surface area contributed by atoms with Crippen molar-refractivity contribution in [3.05, 3.63) is 42.4 Å². The average Bonchev–Trinajstić information content (AvgIpc) is 2.80. The molecule has 0 fully saturated rings. The topological polar surface area (TPSA) is 38.9 Å².